The Labute approximate surface area is 136 Å². The zero-order valence-electron chi connectivity index (χ0n) is 13.9. The molecule has 126 valence electrons. The van der Waals surface area contributed by atoms with Crippen molar-refractivity contribution in [3.63, 3.8) is 0 Å². The van der Waals surface area contributed by atoms with E-state index >= 15 is 0 Å². The molecule has 23 heavy (non-hydrogen) atoms. The zero-order valence-corrected chi connectivity index (χ0v) is 14.7. The number of H-pyrrole nitrogens is 1. The van der Waals surface area contributed by atoms with Crippen LogP contribution in [-0.4, -0.2) is 37.3 Å². The van der Waals surface area contributed by atoms with Crippen LogP contribution in [0.2, 0.25) is 0 Å². The Morgan fingerprint density at radius 3 is 2.52 bits per heavy atom. The molecule has 7 heteroatoms. The summed E-state index contributed by atoms with van der Waals surface area (Å²) in [7, 11) is -3.49. The average molecular weight is 337 g/mol. The van der Waals surface area contributed by atoms with Crippen molar-refractivity contribution >= 4 is 26.8 Å². The summed E-state index contributed by atoms with van der Waals surface area (Å²) in [5, 5.41) is 6.00. The smallest absolute Gasteiger partial charge is 0.315 e. The summed E-state index contributed by atoms with van der Waals surface area (Å²) >= 11 is 0. The number of para-hydroxylation sites is 1. The monoisotopic (exact) mass is 337 g/mol. The molecule has 0 aliphatic heterocycles. The van der Waals surface area contributed by atoms with Gasteiger partial charge in [-0.3, -0.25) is 0 Å². The standard InChI is InChI=1S/C16H23N3O3S/c1-11-14(12-7-5-6-8-13(12)18-11)23(21,22)10-9-17-15(20)19-16(2,3)4/h5-8,18H,9-10H2,1-4H3,(H2,17,19,20). The second-order valence-electron chi connectivity index (χ2n) is 6.57. The number of hydrogen-bond donors (Lipinski definition) is 3. The lowest BCUT2D eigenvalue weighted by Crippen LogP contribution is -2.47. The third-order valence-corrected chi connectivity index (χ3v) is 5.18. The number of carbonyl (C=O) groups excluding carboxylic acids is 1. The third kappa shape index (κ3) is 4.25. The van der Waals surface area contributed by atoms with Crippen LogP contribution in [0.15, 0.2) is 29.2 Å². The van der Waals surface area contributed by atoms with E-state index in [-0.39, 0.29) is 23.9 Å². The second-order valence-corrected chi connectivity index (χ2v) is 8.62. The fourth-order valence-electron chi connectivity index (χ4n) is 2.44. The molecular formula is C16H23N3O3S. The van der Waals surface area contributed by atoms with E-state index in [1.807, 2.05) is 39.0 Å². The van der Waals surface area contributed by atoms with Crippen LogP contribution in [-0.2, 0) is 9.84 Å². The largest absolute Gasteiger partial charge is 0.358 e. The van der Waals surface area contributed by atoms with Crippen LogP contribution in [0.3, 0.4) is 0 Å². The van der Waals surface area contributed by atoms with Gasteiger partial charge < -0.3 is 15.6 Å². The van der Waals surface area contributed by atoms with Crippen molar-refractivity contribution in [2.45, 2.75) is 38.1 Å². The van der Waals surface area contributed by atoms with E-state index in [1.54, 1.807) is 13.0 Å². The normalized spacial score (nSPS) is 12.3. The van der Waals surface area contributed by atoms with E-state index in [0.717, 1.165) is 5.52 Å². The molecule has 3 N–H and O–H groups in total. The Morgan fingerprint density at radius 1 is 1.22 bits per heavy atom. The maximum Gasteiger partial charge on any atom is 0.315 e. The van der Waals surface area contributed by atoms with Gasteiger partial charge in [-0.2, -0.15) is 0 Å². The predicted octanol–water partition coefficient (Wildman–Crippen LogP) is 2.35. The van der Waals surface area contributed by atoms with Gasteiger partial charge in [0.25, 0.3) is 0 Å². The molecule has 0 aliphatic carbocycles. The van der Waals surface area contributed by atoms with Gasteiger partial charge in [-0.15, -0.1) is 0 Å². The van der Waals surface area contributed by atoms with Crippen molar-refractivity contribution < 1.29 is 13.2 Å². The minimum Gasteiger partial charge on any atom is -0.358 e. The van der Waals surface area contributed by atoms with E-state index in [0.29, 0.717) is 16.0 Å². The maximum absolute atomic E-state index is 12.6. The number of aromatic nitrogens is 1. The first-order valence-corrected chi connectivity index (χ1v) is 9.11. The number of carbonyl (C=O) groups is 1. The number of hydrogen-bond acceptors (Lipinski definition) is 3. The van der Waals surface area contributed by atoms with E-state index in [2.05, 4.69) is 15.6 Å². The highest BCUT2D eigenvalue weighted by Gasteiger charge is 2.22. The highest BCUT2D eigenvalue weighted by Crippen LogP contribution is 2.27. The SMILES string of the molecule is Cc1[nH]c2ccccc2c1S(=O)(=O)CCNC(=O)NC(C)(C)C. The van der Waals surface area contributed by atoms with Gasteiger partial charge in [-0.1, -0.05) is 18.2 Å². The van der Waals surface area contributed by atoms with Gasteiger partial charge in [-0.05, 0) is 33.8 Å². The average Bonchev–Trinajstić information content (AvgIpc) is 2.72. The molecule has 0 bridgehead atoms. The molecule has 1 heterocycles. The molecule has 0 atom stereocenters. The second kappa shape index (κ2) is 6.23. The van der Waals surface area contributed by atoms with Crippen molar-refractivity contribution in [2.24, 2.45) is 0 Å². The van der Waals surface area contributed by atoms with E-state index in [1.165, 1.54) is 0 Å². The Morgan fingerprint density at radius 2 is 1.87 bits per heavy atom. The van der Waals surface area contributed by atoms with Gasteiger partial charge >= 0.3 is 6.03 Å². The van der Waals surface area contributed by atoms with E-state index in [9.17, 15) is 13.2 Å². The molecule has 2 rings (SSSR count). The molecule has 0 saturated heterocycles. The number of aryl methyl sites for hydroxylation is 1. The summed E-state index contributed by atoms with van der Waals surface area (Å²) in [4.78, 5) is 15.1. The van der Waals surface area contributed by atoms with Crippen LogP contribution in [0, 0.1) is 6.92 Å². The molecular weight excluding hydrogens is 314 g/mol. The number of rotatable bonds is 4. The van der Waals surface area contributed by atoms with Crippen molar-refractivity contribution in [3.05, 3.63) is 30.0 Å². The fourth-order valence-corrected chi connectivity index (χ4v) is 4.04. The number of amides is 2. The Kier molecular flexibility index (Phi) is 4.70. The van der Waals surface area contributed by atoms with Crippen molar-refractivity contribution in [2.75, 3.05) is 12.3 Å². The number of urea groups is 1. The first-order chi connectivity index (χ1) is 10.6. The zero-order chi connectivity index (χ0) is 17.3. The van der Waals surface area contributed by atoms with Crippen molar-refractivity contribution in [3.8, 4) is 0 Å². The minimum absolute atomic E-state index is 0.0587. The van der Waals surface area contributed by atoms with E-state index in [4.69, 9.17) is 0 Å². The number of benzene rings is 1. The van der Waals surface area contributed by atoms with Crippen LogP contribution in [0.4, 0.5) is 4.79 Å². The molecule has 0 saturated carbocycles. The minimum atomic E-state index is -3.49. The highest BCUT2D eigenvalue weighted by molar-refractivity contribution is 7.91. The quantitative estimate of drug-likeness (QED) is 0.800. The van der Waals surface area contributed by atoms with Crippen molar-refractivity contribution in [1.29, 1.82) is 0 Å². The molecule has 2 amide bonds. The van der Waals surface area contributed by atoms with Gasteiger partial charge in [0.15, 0.2) is 9.84 Å². The lowest BCUT2D eigenvalue weighted by molar-refractivity contribution is 0.232. The lowest BCUT2D eigenvalue weighted by Gasteiger charge is -2.20. The fraction of sp³-hybridized carbons (Fsp3) is 0.438. The molecule has 2 aromatic rings. The van der Waals surface area contributed by atoms with Crippen LogP contribution < -0.4 is 10.6 Å². The van der Waals surface area contributed by atoms with Crippen molar-refractivity contribution in [1.82, 2.24) is 15.6 Å². The third-order valence-electron chi connectivity index (χ3n) is 3.29. The highest BCUT2D eigenvalue weighted by atomic mass is 32.2. The summed E-state index contributed by atoms with van der Waals surface area (Å²) < 4.78 is 25.2. The Bertz CT molecular complexity index is 817. The molecule has 1 aromatic carbocycles. The molecule has 0 aliphatic rings. The van der Waals surface area contributed by atoms with Crippen LogP contribution in [0.1, 0.15) is 26.5 Å². The lowest BCUT2D eigenvalue weighted by atomic mass is 10.1. The van der Waals surface area contributed by atoms with Crippen LogP contribution in [0.25, 0.3) is 10.9 Å². The molecule has 6 nitrogen and oxygen atoms in total. The molecule has 0 unspecified atom stereocenters. The molecule has 1 aromatic heterocycles. The van der Waals surface area contributed by atoms with Crippen LogP contribution >= 0.6 is 0 Å². The number of fused-ring (bicyclic) bond motifs is 1. The van der Waals surface area contributed by atoms with Gasteiger partial charge in [0.05, 0.1) is 10.6 Å². The van der Waals surface area contributed by atoms with Gasteiger partial charge in [0.2, 0.25) is 0 Å². The Balaban J connectivity index is 2.10. The predicted molar refractivity (Wildman–Crippen MR) is 91.4 cm³/mol. The van der Waals surface area contributed by atoms with E-state index < -0.39 is 9.84 Å². The van der Waals surface area contributed by atoms with Gasteiger partial charge in [0, 0.05) is 28.7 Å². The summed E-state index contributed by atoms with van der Waals surface area (Å²) in [6, 6.07) is 6.92. The topological polar surface area (TPSA) is 91.1 Å². The van der Waals surface area contributed by atoms with Gasteiger partial charge in [0.1, 0.15) is 0 Å². The first kappa shape index (κ1) is 17.3. The molecule has 0 spiro atoms. The maximum atomic E-state index is 12.6. The summed E-state index contributed by atoms with van der Waals surface area (Å²) in [5.41, 5.74) is 1.04. The van der Waals surface area contributed by atoms with Gasteiger partial charge in [-0.25, -0.2) is 13.2 Å². The summed E-state index contributed by atoms with van der Waals surface area (Å²) in [6.45, 7) is 7.38. The molecule has 0 radical (unpaired) electrons. The van der Waals surface area contributed by atoms with Crippen LogP contribution in [0.5, 0.6) is 0 Å². The summed E-state index contributed by atoms with van der Waals surface area (Å²) in [5.74, 6) is -0.146. The number of aromatic amines is 1. The molecule has 0 fully saturated rings. The summed E-state index contributed by atoms with van der Waals surface area (Å²) in [6.07, 6.45) is 0. The Hall–Kier alpha value is -2.02. The first-order valence-electron chi connectivity index (χ1n) is 7.46. The number of nitrogens with one attached hydrogen (secondary N) is 3. The number of sulfone groups is 1.